The maximum Gasteiger partial charge on any atom is 0.240 e. The van der Waals surface area contributed by atoms with Gasteiger partial charge in [0.15, 0.2) is 0 Å². The van der Waals surface area contributed by atoms with E-state index in [2.05, 4.69) is 20.8 Å². The summed E-state index contributed by atoms with van der Waals surface area (Å²) in [6.07, 6.45) is 0. The van der Waals surface area contributed by atoms with Crippen molar-refractivity contribution >= 4 is 21.6 Å². The predicted molar refractivity (Wildman–Crippen MR) is 48.9 cm³/mol. The third-order valence-corrected chi connectivity index (χ3v) is 2.06. The molecule has 0 aromatic heterocycles. The van der Waals surface area contributed by atoms with Gasteiger partial charge in [0.25, 0.3) is 0 Å². The van der Waals surface area contributed by atoms with E-state index in [-0.39, 0.29) is 0 Å². The molecule has 0 spiro atoms. The van der Waals surface area contributed by atoms with Crippen molar-refractivity contribution in [3.63, 3.8) is 0 Å². The molecule has 0 aliphatic rings. The van der Waals surface area contributed by atoms with Crippen LogP contribution in [0.5, 0.6) is 0 Å². The van der Waals surface area contributed by atoms with Crippen molar-refractivity contribution in [3.05, 3.63) is 39.7 Å². The van der Waals surface area contributed by atoms with Crippen LogP contribution in [0.3, 0.4) is 0 Å². The summed E-state index contributed by atoms with van der Waals surface area (Å²) in [4.78, 5) is 3.28. The van der Waals surface area contributed by atoms with E-state index in [1.165, 1.54) is 0 Å². The van der Waals surface area contributed by atoms with Gasteiger partial charge in [-0.05, 0) is 18.2 Å². The highest BCUT2D eigenvalue weighted by Gasteiger charge is 2.00. The van der Waals surface area contributed by atoms with E-state index < -0.39 is 0 Å². The Bertz CT molecular complexity index is 301. The molecule has 56 valence electrons. The summed E-state index contributed by atoms with van der Waals surface area (Å²) in [5.74, 6) is 0. The maximum atomic E-state index is 6.66. The summed E-state index contributed by atoms with van der Waals surface area (Å²) in [5.41, 5.74) is 7.21. The molecule has 0 saturated carbocycles. The molecule has 2 N–H and O–H groups in total. The third-order valence-electron chi connectivity index (χ3n) is 1.33. The van der Waals surface area contributed by atoms with Crippen LogP contribution in [0.15, 0.2) is 22.7 Å². The van der Waals surface area contributed by atoms with Crippen LogP contribution in [0.4, 0.5) is 5.69 Å². The van der Waals surface area contributed by atoms with Gasteiger partial charge in [-0.15, -0.1) is 0 Å². The molecule has 2 nitrogen and oxygen atoms in total. The molecule has 0 aliphatic heterocycles. The van der Waals surface area contributed by atoms with Crippen LogP contribution in [-0.2, 0) is 6.54 Å². The fourth-order valence-corrected chi connectivity index (χ4v) is 1.30. The van der Waals surface area contributed by atoms with Gasteiger partial charge in [0, 0.05) is 15.7 Å². The van der Waals surface area contributed by atoms with E-state index >= 15 is 0 Å². The van der Waals surface area contributed by atoms with E-state index in [1.54, 1.807) is 12.1 Å². The van der Waals surface area contributed by atoms with Crippen LogP contribution < -0.4 is 5.73 Å². The van der Waals surface area contributed by atoms with Gasteiger partial charge in [0.05, 0.1) is 0 Å². The first-order chi connectivity index (χ1) is 5.24. The Labute approximate surface area is 74.0 Å². The van der Waals surface area contributed by atoms with Crippen LogP contribution in [0.25, 0.3) is 4.85 Å². The predicted octanol–water partition coefficient (Wildman–Crippen LogP) is 2.45. The number of anilines is 1. The topological polar surface area (TPSA) is 30.4 Å². The van der Waals surface area contributed by atoms with Crippen LogP contribution in [0, 0.1) is 6.57 Å². The summed E-state index contributed by atoms with van der Waals surface area (Å²) in [5, 5.41) is 0. The number of hydrogen-bond acceptors (Lipinski definition) is 1. The lowest BCUT2D eigenvalue weighted by Gasteiger charge is -1.97. The zero-order valence-electron chi connectivity index (χ0n) is 5.84. The molecule has 0 radical (unpaired) electrons. The highest BCUT2D eigenvalue weighted by atomic mass is 79.9. The zero-order chi connectivity index (χ0) is 8.27. The number of rotatable bonds is 1. The smallest absolute Gasteiger partial charge is 0.240 e. The van der Waals surface area contributed by atoms with E-state index in [0.717, 1.165) is 10.0 Å². The first-order valence-corrected chi connectivity index (χ1v) is 3.90. The SMILES string of the molecule is [C-]#[N+]Cc1ccc(N)cc1Br. The standard InChI is InChI=1S/C8H7BrN2/c1-11-5-6-2-3-7(10)4-8(6)9/h2-4H,5,10H2. The third kappa shape index (κ3) is 1.95. The quantitative estimate of drug-likeness (QED) is 0.561. The van der Waals surface area contributed by atoms with Crippen molar-refractivity contribution in [3.8, 4) is 0 Å². The van der Waals surface area contributed by atoms with Crippen molar-refractivity contribution in [2.45, 2.75) is 6.54 Å². The lowest BCUT2D eigenvalue weighted by molar-refractivity contribution is 1.25. The Morgan fingerprint density at radius 2 is 2.27 bits per heavy atom. The maximum absolute atomic E-state index is 6.66. The van der Waals surface area contributed by atoms with Gasteiger partial charge in [-0.3, -0.25) is 0 Å². The number of nitrogens with two attached hydrogens (primary N) is 1. The molecule has 0 saturated heterocycles. The average Bonchev–Trinajstić information content (AvgIpc) is 1.95. The molecule has 0 fully saturated rings. The van der Waals surface area contributed by atoms with Gasteiger partial charge in [-0.2, -0.15) is 0 Å². The minimum atomic E-state index is 0.404. The molecular formula is C8H7BrN2. The largest absolute Gasteiger partial charge is 0.399 e. The van der Waals surface area contributed by atoms with E-state index in [0.29, 0.717) is 12.2 Å². The van der Waals surface area contributed by atoms with E-state index in [4.69, 9.17) is 12.3 Å². The van der Waals surface area contributed by atoms with Crippen molar-refractivity contribution in [2.24, 2.45) is 0 Å². The molecular weight excluding hydrogens is 204 g/mol. The minimum Gasteiger partial charge on any atom is -0.399 e. The van der Waals surface area contributed by atoms with Crippen LogP contribution in [0.1, 0.15) is 5.56 Å². The molecule has 0 heterocycles. The molecule has 1 aromatic rings. The molecule has 11 heavy (non-hydrogen) atoms. The molecule has 0 amide bonds. The number of benzene rings is 1. The van der Waals surface area contributed by atoms with Crippen LogP contribution in [-0.4, -0.2) is 0 Å². The lowest BCUT2D eigenvalue weighted by Crippen LogP contribution is -1.87. The van der Waals surface area contributed by atoms with Crippen molar-refractivity contribution in [1.82, 2.24) is 0 Å². The number of hydrogen-bond donors (Lipinski definition) is 1. The van der Waals surface area contributed by atoms with E-state index in [1.807, 2.05) is 6.07 Å². The van der Waals surface area contributed by atoms with Crippen LogP contribution >= 0.6 is 15.9 Å². The Hall–Kier alpha value is -1.01. The Morgan fingerprint density at radius 1 is 1.55 bits per heavy atom. The Kier molecular flexibility index (Phi) is 2.50. The highest BCUT2D eigenvalue weighted by Crippen LogP contribution is 2.20. The summed E-state index contributed by atoms with van der Waals surface area (Å²) in [7, 11) is 0. The van der Waals surface area contributed by atoms with Crippen molar-refractivity contribution < 1.29 is 0 Å². The van der Waals surface area contributed by atoms with Gasteiger partial charge in [-0.25, -0.2) is 6.57 Å². The summed E-state index contributed by atoms with van der Waals surface area (Å²) in [6.45, 7) is 7.07. The first kappa shape index (κ1) is 8.09. The molecule has 0 bridgehead atoms. The molecule has 0 unspecified atom stereocenters. The molecule has 1 rings (SSSR count). The van der Waals surface area contributed by atoms with E-state index in [9.17, 15) is 0 Å². The lowest BCUT2D eigenvalue weighted by atomic mass is 10.2. The van der Waals surface area contributed by atoms with Crippen molar-refractivity contribution in [1.29, 1.82) is 0 Å². The summed E-state index contributed by atoms with van der Waals surface area (Å²) < 4.78 is 0.911. The normalized spacial score (nSPS) is 9.09. The molecule has 0 atom stereocenters. The number of halogens is 1. The second-order valence-electron chi connectivity index (χ2n) is 2.17. The fourth-order valence-electron chi connectivity index (χ4n) is 0.777. The summed E-state index contributed by atoms with van der Waals surface area (Å²) >= 11 is 3.32. The fraction of sp³-hybridized carbons (Fsp3) is 0.125. The Balaban J connectivity index is 3.01. The second kappa shape index (κ2) is 3.40. The first-order valence-electron chi connectivity index (χ1n) is 3.11. The van der Waals surface area contributed by atoms with Gasteiger partial charge in [0.2, 0.25) is 6.54 Å². The molecule has 0 aliphatic carbocycles. The minimum absolute atomic E-state index is 0.404. The van der Waals surface area contributed by atoms with Crippen molar-refractivity contribution in [2.75, 3.05) is 5.73 Å². The van der Waals surface area contributed by atoms with Gasteiger partial charge in [-0.1, -0.05) is 15.9 Å². The van der Waals surface area contributed by atoms with Gasteiger partial charge >= 0.3 is 0 Å². The highest BCUT2D eigenvalue weighted by molar-refractivity contribution is 9.10. The monoisotopic (exact) mass is 210 g/mol. The average molecular weight is 211 g/mol. The van der Waals surface area contributed by atoms with Crippen LogP contribution in [0.2, 0.25) is 0 Å². The van der Waals surface area contributed by atoms with Gasteiger partial charge < -0.3 is 10.6 Å². The van der Waals surface area contributed by atoms with Gasteiger partial charge in [0.1, 0.15) is 0 Å². The number of nitrogen functional groups attached to an aromatic ring is 1. The zero-order valence-corrected chi connectivity index (χ0v) is 7.43. The molecule has 3 heteroatoms. The second-order valence-corrected chi connectivity index (χ2v) is 3.02. The Morgan fingerprint density at radius 3 is 2.82 bits per heavy atom. The summed E-state index contributed by atoms with van der Waals surface area (Å²) in [6, 6.07) is 5.46. The molecule has 1 aromatic carbocycles. The number of nitrogens with zero attached hydrogens (tertiary/aromatic N) is 1.